The van der Waals surface area contributed by atoms with E-state index < -0.39 is 0 Å². The van der Waals surface area contributed by atoms with Gasteiger partial charge in [-0.05, 0) is 36.2 Å². The maximum absolute atomic E-state index is 6.17. The fourth-order valence-electron chi connectivity index (χ4n) is 2.03. The van der Waals surface area contributed by atoms with Crippen molar-refractivity contribution in [3.8, 4) is 11.1 Å². The summed E-state index contributed by atoms with van der Waals surface area (Å²) in [6.45, 7) is 2.03. The monoisotopic (exact) mass is 289 g/mol. The van der Waals surface area contributed by atoms with Gasteiger partial charge < -0.3 is 0 Å². The van der Waals surface area contributed by atoms with E-state index >= 15 is 0 Å². The molecule has 0 aliphatic rings. The summed E-state index contributed by atoms with van der Waals surface area (Å²) < 4.78 is 0. The van der Waals surface area contributed by atoms with Crippen LogP contribution in [0, 0.1) is 6.92 Å². The van der Waals surface area contributed by atoms with Crippen molar-refractivity contribution in [2.75, 3.05) is 0 Å². The van der Waals surface area contributed by atoms with Gasteiger partial charge in [0.2, 0.25) is 5.28 Å². The zero-order valence-corrected chi connectivity index (χ0v) is 11.6. The highest BCUT2D eigenvalue weighted by Gasteiger charge is 2.11. The molecule has 1 aromatic carbocycles. The third-order valence-corrected chi connectivity index (χ3v) is 3.51. The molecule has 0 saturated heterocycles. The first-order valence-electron chi connectivity index (χ1n) is 5.68. The number of fused-ring (bicyclic) bond motifs is 1. The van der Waals surface area contributed by atoms with Gasteiger partial charge >= 0.3 is 0 Å². The average molecular weight is 290 g/mol. The zero-order chi connectivity index (χ0) is 13.4. The second kappa shape index (κ2) is 4.76. The van der Waals surface area contributed by atoms with E-state index in [-0.39, 0.29) is 5.28 Å². The van der Waals surface area contributed by atoms with Crippen LogP contribution in [0.1, 0.15) is 5.56 Å². The number of nitrogens with zero attached hydrogens (tertiary/aromatic N) is 3. The van der Waals surface area contributed by atoms with Crippen LogP contribution in [-0.2, 0) is 0 Å². The van der Waals surface area contributed by atoms with Crippen LogP contribution < -0.4 is 0 Å². The largest absolute Gasteiger partial charge is 0.264 e. The van der Waals surface area contributed by atoms with Crippen LogP contribution in [0.2, 0.25) is 10.3 Å². The van der Waals surface area contributed by atoms with E-state index in [4.69, 9.17) is 23.2 Å². The lowest BCUT2D eigenvalue weighted by molar-refractivity contribution is 1.22. The Morgan fingerprint density at radius 3 is 2.63 bits per heavy atom. The first-order chi connectivity index (χ1) is 9.16. The molecule has 0 amide bonds. The number of pyridine rings is 1. The van der Waals surface area contributed by atoms with Gasteiger partial charge in [0.1, 0.15) is 0 Å². The number of benzene rings is 1. The third-order valence-electron chi connectivity index (χ3n) is 3.00. The van der Waals surface area contributed by atoms with Gasteiger partial charge in [-0.15, -0.1) is 0 Å². The number of hydrogen-bond acceptors (Lipinski definition) is 3. The van der Waals surface area contributed by atoms with Crippen molar-refractivity contribution in [1.29, 1.82) is 0 Å². The van der Waals surface area contributed by atoms with Crippen LogP contribution in [0.4, 0.5) is 0 Å². The number of rotatable bonds is 1. The summed E-state index contributed by atoms with van der Waals surface area (Å²) in [6.07, 6.45) is 5.22. The van der Waals surface area contributed by atoms with Gasteiger partial charge in [-0.2, -0.15) is 0 Å². The van der Waals surface area contributed by atoms with Crippen molar-refractivity contribution in [2.24, 2.45) is 0 Å². The van der Waals surface area contributed by atoms with Gasteiger partial charge in [-0.3, -0.25) is 4.98 Å². The first-order valence-corrected chi connectivity index (χ1v) is 6.44. The molecule has 2 heterocycles. The predicted octanol–water partition coefficient (Wildman–Crippen LogP) is 4.31. The highest BCUT2D eigenvalue weighted by molar-refractivity contribution is 6.36. The predicted molar refractivity (Wildman–Crippen MR) is 77.5 cm³/mol. The molecule has 0 unspecified atom stereocenters. The van der Waals surface area contributed by atoms with Gasteiger partial charge in [0.05, 0.1) is 10.5 Å². The molecule has 0 atom stereocenters. The van der Waals surface area contributed by atoms with Crippen molar-refractivity contribution in [1.82, 2.24) is 15.0 Å². The van der Waals surface area contributed by atoms with Crippen molar-refractivity contribution in [3.05, 3.63) is 52.7 Å². The summed E-state index contributed by atoms with van der Waals surface area (Å²) in [6, 6.07) is 5.72. The lowest BCUT2D eigenvalue weighted by Gasteiger charge is -2.09. The topological polar surface area (TPSA) is 38.7 Å². The number of halogens is 2. The van der Waals surface area contributed by atoms with Gasteiger partial charge in [-0.1, -0.05) is 17.7 Å². The second-order valence-electron chi connectivity index (χ2n) is 4.19. The summed E-state index contributed by atoms with van der Waals surface area (Å²) in [4.78, 5) is 12.4. The normalized spacial score (nSPS) is 10.9. The minimum Gasteiger partial charge on any atom is -0.264 e. The highest BCUT2D eigenvalue weighted by Crippen LogP contribution is 2.33. The van der Waals surface area contributed by atoms with E-state index in [1.807, 2.05) is 31.3 Å². The molecule has 3 nitrogen and oxygen atoms in total. The van der Waals surface area contributed by atoms with Gasteiger partial charge in [0, 0.05) is 35.1 Å². The van der Waals surface area contributed by atoms with E-state index in [9.17, 15) is 0 Å². The van der Waals surface area contributed by atoms with Crippen LogP contribution in [0.15, 0.2) is 36.8 Å². The van der Waals surface area contributed by atoms with Crippen LogP contribution in [0.5, 0.6) is 0 Å². The standard InChI is InChI=1S/C14H9Cl2N3/c1-8-4-5-17-6-10(8)9-2-3-12(15)11-7-18-14(16)19-13(9)11/h2-7H,1H3. The molecule has 0 aliphatic heterocycles. The molecule has 94 valence electrons. The highest BCUT2D eigenvalue weighted by atomic mass is 35.5. The maximum Gasteiger partial charge on any atom is 0.222 e. The Balaban J connectivity index is 2.39. The molecule has 5 heteroatoms. The molecule has 0 fully saturated rings. The van der Waals surface area contributed by atoms with Crippen LogP contribution in [-0.4, -0.2) is 15.0 Å². The minimum atomic E-state index is 0.206. The SMILES string of the molecule is Cc1ccncc1-c1ccc(Cl)c2cnc(Cl)nc12. The maximum atomic E-state index is 6.17. The molecule has 0 N–H and O–H groups in total. The third kappa shape index (κ3) is 2.15. The van der Waals surface area contributed by atoms with E-state index in [2.05, 4.69) is 15.0 Å². The zero-order valence-electron chi connectivity index (χ0n) is 10.1. The summed E-state index contributed by atoms with van der Waals surface area (Å²) in [5.41, 5.74) is 3.82. The first kappa shape index (κ1) is 12.3. The Hall–Kier alpha value is -1.71. The van der Waals surface area contributed by atoms with E-state index in [1.165, 1.54) is 0 Å². The molecule has 3 aromatic rings. The van der Waals surface area contributed by atoms with Crippen molar-refractivity contribution in [2.45, 2.75) is 6.92 Å². The summed E-state index contributed by atoms with van der Waals surface area (Å²) in [5, 5.41) is 1.60. The smallest absolute Gasteiger partial charge is 0.222 e. The number of aromatic nitrogens is 3. The van der Waals surface area contributed by atoms with Crippen molar-refractivity contribution < 1.29 is 0 Å². The molecule has 0 bridgehead atoms. The minimum absolute atomic E-state index is 0.206. The van der Waals surface area contributed by atoms with Crippen LogP contribution in [0.3, 0.4) is 0 Å². The second-order valence-corrected chi connectivity index (χ2v) is 4.93. The molecule has 0 spiro atoms. The van der Waals surface area contributed by atoms with Crippen LogP contribution >= 0.6 is 23.2 Å². The van der Waals surface area contributed by atoms with E-state index in [1.54, 1.807) is 12.4 Å². The van der Waals surface area contributed by atoms with Gasteiger partial charge in [0.25, 0.3) is 0 Å². The van der Waals surface area contributed by atoms with E-state index in [0.717, 1.165) is 27.6 Å². The summed E-state index contributed by atoms with van der Waals surface area (Å²) in [5.74, 6) is 0. The summed E-state index contributed by atoms with van der Waals surface area (Å²) >= 11 is 12.1. The van der Waals surface area contributed by atoms with E-state index in [0.29, 0.717) is 5.02 Å². The van der Waals surface area contributed by atoms with Crippen LogP contribution in [0.25, 0.3) is 22.0 Å². The molecule has 19 heavy (non-hydrogen) atoms. The Morgan fingerprint density at radius 1 is 1.00 bits per heavy atom. The number of hydrogen-bond donors (Lipinski definition) is 0. The van der Waals surface area contributed by atoms with Gasteiger partial charge in [0.15, 0.2) is 0 Å². The molecule has 0 saturated carbocycles. The molecule has 0 aliphatic carbocycles. The number of aryl methyl sites for hydroxylation is 1. The van der Waals surface area contributed by atoms with Crippen molar-refractivity contribution in [3.63, 3.8) is 0 Å². The fourth-order valence-corrected chi connectivity index (χ4v) is 2.36. The molecular formula is C14H9Cl2N3. The average Bonchev–Trinajstić information content (AvgIpc) is 2.40. The quantitative estimate of drug-likeness (QED) is 0.627. The Morgan fingerprint density at radius 2 is 1.84 bits per heavy atom. The Kier molecular flexibility index (Phi) is 3.09. The lowest BCUT2D eigenvalue weighted by Crippen LogP contribution is -1.91. The van der Waals surface area contributed by atoms with Crippen molar-refractivity contribution >= 4 is 34.1 Å². The molecular weight excluding hydrogens is 281 g/mol. The Labute approximate surface area is 120 Å². The molecule has 2 aromatic heterocycles. The van der Waals surface area contributed by atoms with Gasteiger partial charge in [-0.25, -0.2) is 9.97 Å². The Bertz CT molecular complexity index is 772. The molecule has 3 rings (SSSR count). The lowest BCUT2D eigenvalue weighted by atomic mass is 10.0. The fraction of sp³-hybridized carbons (Fsp3) is 0.0714. The summed E-state index contributed by atoms with van der Waals surface area (Å²) in [7, 11) is 0. The molecule has 0 radical (unpaired) electrons.